The molecule has 0 aromatic rings. The van der Waals surface area contributed by atoms with E-state index in [1.165, 1.54) is 0 Å². The lowest BCUT2D eigenvalue weighted by atomic mass is 10.0. The van der Waals surface area contributed by atoms with Crippen LogP contribution in [0.5, 0.6) is 0 Å². The highest BCUT2D eigenvalue weighted by Gasteiger charge is 2.43. The van der Waals surface area contributed by atoms with E-state index < -0.39 is 30.2 Å². The number of halogens is 1. The third kappa shape index (κ3) is 3.15. The number of aliphatic carboxylic acids is 1. The molecule has 1 saturated carbocycles. The van der Waals surface area contributed by atoms with Crippen LogP contribution < -0.4 is 5.32 Å². The van der Waals surface area contributed by atoms with Crippen LogP contribution in [0.15, 0.2) is 0 Å². The molecule has 6 heteroatoms. The minimum absolute atomic E-state index is 0.376. The Balaban J connectivity index is 2.68. The van der Waals surface area contributed by atoms with E-state index in [4.69, 9.17) is 9.84 Å². The Labute approximate surface area is 99.3 Å². The number of hydrogen-bond donors (Lipinski definition) is 2. The summed E-state index contributed by atoms with van der Waals surface area (Å²) in [6.07, 6.45) is 2.85. The predicted molar refractivity (Wildman–Crippen MR) is 58.4 cm³/mol. The van der Waals surface area contributed by atoms with Gasteiger partial charge in [-0.3, -0.25) is 4.79 Å². The molecule has 0 aromatic carbocycles. The number of hydrogen-bond acceptors (Lipinski definition) is 3. The van der Waals surface area contributed by atoms with Gasteiger partial charge in [-0.05, 0) is 32.6 Å². The first kappa shape index (κ1) is 13.9. The molecule has 0 radical (unpaired) electrons. The van der Waals surface area contributed by atoms with Crippen molar-refractivity contribution in [2.75, 3.05) is 13.3 Å². The highest BCUT2D eigenvalue weighted by molar-refractivity contribution is 5.89. The van der Waals surface area contributed by atoms with Crippen LogP contribution in [-0.2, 0) is 14.3 Å². The van der Waals surface area contributed by atoms with E-state index in [9.17, 15) is 14.0 Å². The molecule has 1 atom stereocenters. The van der Waals surface area contributed by atoms with Crippen LogP contribution in [0.4, 0.5) is 4.39 Å². The Morgan fingerprint density at radius 3 is 2.47 bits per heavy atom. The maximum atomic E-state index is 12.4. The average molecular weight is 247 g/mol. The molecular formula is C11H18FNO4. The first-order valence-corrected chi connectivity index (χ1v) is 5.79. The predicted octanol–water partition coefficient (Wildman–Crippen LogP) is 0.875. The second kappa shape index (κ2) is 5.95. The van der Waals surface area contributed by atoms with Crippen molar-refractivity contribution in [3.05, 3.63) is 0 Å². The van der Waals surface area contributed by atoms with Crippen LogP contribution in [0.1, 0.15) is 32.6 Å². The topological polar surface area (TPSA) is 75.6 Å². The normalized spacial score (nSPS) is 19.9. The lowest BCUT2D eigenvalue weighted by Gasteiger charge is -2.28. The molecule has 17 heavy (non-hydrogen) atoms. The van der Waals surface area contributed by atoms with Crippen LogP contribution in [0.3, 0.4) is 0 Å². The van der Waals surface area contributed by atoms with Crippen molar-refractivity contribution in [1.82, 2.24) is 5.32 Å². The van der Waals surface area contributed by atoms with Gasteiger partial charge >= 0.3 is 5.97 Å². The van der Waals surface area contributed by atoms with E-state index in [0.717, 1.165) is 12.8 Å². The summed E-state index contributed by atoms with van der Waals surface area (Å²) in [4.78, 5) is 22.6. The number of carbonyl (C=O) groups excluding carboxylic acids is 1. The third-order valence-corrected chi connectivity index (χ3v) is 3.00. The summed E-state index contributed by atoms with van der Waals surface area (Å²) in [7, 11) is 0. The number of nitrogens with one attached hydrogen (secondary N) is 1. The molecule has 98 valence electrons. The van der Waals surface area contributed by atoms with Crippen LogP contribution in [0, 0.1) is 0 Å². The second-order valence-electron chi connectivity index (χ2n) is 4.15. The maximum absolute atomic E-state index is 12.4. The Morgan fingerprint density at radius 1 is 1.47 bits per heavy atom. The molecule has 1 aliphatic rings. The Morgan fingerprint density at radius 2 is 2.06 bits per heavy atom. The molecule has 1 unspecified atom stereocenters. The van der Waals surface area contributed by atoms with E-state index in [2.05, 4.69) is 5.32 Å². The second-order valence-corrected chi connectivity index (χ2v) is 4.15. The highest BCUT2D eigenvalue weighted by atomic mass is 19.1. The van der Waals surface area contributed by atoms with Gasteiger partial charge in [-0.15, -0.1) is 0 Å². The molecule has 1 amide bonds. The zero-order chi connectivity index (χ0) is 12.9. The van der Waals surface area contributed by atoms with E-state index >= 15 is 0 Å². The van der Waals surface area contributed by atoms with Gasteiger partial charge in [0, 0.05) is 6.61 Å². The summed E-state index contributed by atoms with van der Waals surface area (Å²) in [5.74, 6) is -1.88. The van der Waals surface area contributed by atoms with Gasteiger partial charge in [0.05, 0.1) is 0 Å². The first-order valence-electron chi connectivity index (χ1n) is 5.79. The van der Waals surface area contributed by atoms with E-state index in [0.29, 0.717) is 19.4 Å². The fourth-order valence-corrected chi connectivity index (χ4v) is 2.12. The minimum Gasteiger partial charge on any atom is -0.480 e. The van der Waals surface area contributed by atoms with Gasteiger partial charge in [-0.1, -0.05) is 0 Å². The molecule has 0 saturated heterocycles. The molecule has 2 N–H and O–H groups in total. The van der Waals surface area contributed by atoms with Crippen molar-refractivity contribution in [1.29, 1.82) is 0 Å². The zero-order valence-electron chi connectivity index (χ0n) is 9.87. The number of amides is 1. The summed E-state index contributed by atoms with van der Waals surface area (Å²) < 4.78 is 17.9. The number of rotatable bonds is 6. The molecule has 0 aromatic heterocycles. The van der Waals surface area contributed by atoms with Crippen LogP contribution in [-0.4, -0.2) is 41.9 Å². The average Bonchev–Trinajstić information content (AvgIpc) is 2.75. The van der Waals surface area contributed by atoms with Crippen LogP contribution >= 0.6 is 0 Å². The molecule has 1 rings (SSSR count). The fourth-order valence-electron chi connectivity index (χ4n) is 2.12. The number of carbonyl (C=O) groups is 2. The van der Waals surface area contributed by atoms with Gasteiger partial charge in [-0.2, -0.15) is 0 Å². The maximum Gasteiger partial charge on any atom is 0.328 e. The van der Waals surface area contributed by atoms with Crippen molar-refractivity contribution in [2.45, 2.75) is 44.2 Å². The van der Waals surface area contributed by atoms with Gasteiger partial charge in [0.25, 0.3) is 5.91 Å². The molecule has 1 fully saturated rings. The molecule has 0 bridgehead atoms. The molecule has 0 spiro atoms. The van der Waals surface area contributed by atoms with E-state index in [1.807, 2.05) is 0 Å². The SMILES string of the molecule is CCOC1(C(=O)NC(CF)C(=O)O)CCCC1. The van der Waals surface area contributed by atoms with Crippen molar-refractivity contribution in [2.24, 2.45) is 0 Å². The van der Waals surface area contributed by atoms with Gasteiger partial charge < -0.3 is 15.2 Å². The monoisotopic (exact) mass is 247 g/mol. The fraction of sp³-hybridized carbons (Fsp3) is 0.818. The summed E-state index contributed by atoms with van der Waals surface area (Å²) in [5.41, 5.74) is -0.961. The van der Waals surface area contributed by atoms with Gasteiger partial charge in [0.15, 0.2) is 6.04 Å². The standard InChI is InChI=1S/C11H18FNO4/c1-2-17-11(5-3-4-6-11)10(16)13-8(7-12)9(14)15/h8H,2-7H2,1H3,(H,13,16)(H,14,15). The van der Waals surface area contributed by atoms with Crippen LogP contribution in [0.2, 0.25) is 0 Å². The summed E-state index contributed by atoms with van der Waals surface area (Å²) in [5, 5.41) is 10.9. The minimum atomic E-state index is -1.49. The number of ether oxygens (including phenoxy) is 1. The van der Waals surface area contributed by atoms with Crippen molar-refractivity contribution in [3.63, 3.8) is 0 Å². The van der Waals surface area contributed by atoms with Crippen molar-refractivity contribution >= 4 is 11.9 Å². The van der Waals surface area contributed by atoms with Gasteiger partial charge in [0.1, 0.15) is 12.3 Å². The zero-order valence-corrected chi connectivity index (χ0v) is 9.87. The third-order valence-electron chi connectivity index (χ3n) is 3.00. The van der Waals surface area contributed by atoms with Crippen LogP contribution in [0.25, 0.3) is 0 Å². The van der Waals surface area contributed by atoms with E-state index in [1.54, 1.807) is 6.92 Å². The Hall–Kier alpha value is -1.17. The number of carboxylic acids is 1. The summed E-state index contributed by atoms with van der Waals surface area (Å²) in [6.45, 7) is 1.03. The van der Waals surface area contributed by atoms with Crippen molar-refractivity contribution < 1.29 is 23.8 Å². The smallest absolute Gasteiger partial charge is 0.328 e. The first-order chi connectivity index (χ1) is 8.05. The number of alkyl halides is 1. The lowest BCUT2D eigenvalue weighted by molar-refractivity contribution is -0.151. The van der Waals surface area contributed by atoms with Gasteiger partial charge in [-0.25, -0.2) is 9.18 Å². The highest BCUT2D eigenvalue weighted by Crippen LogP contribution is 2.33. The summed E-state index contributed by atoms with van der Waals surface area (Å²) in [6, 6.07) is -1.49. The number of carboxylic acid groups (broad SMARTS) is 1. The van der Waals surface area contributed by atoms with Crippen molar-refractivity contribution in [3.8, 4) is 0 Å². The molecule has 0 aliphatic heterocycles. The van der Waals surface area contributed by atoms with E-state index in [-0.39, 0.29) is 0 Å². The summed E-state index contributed by atoms with van der Waals surface area (Å²) >= 11 is 0. The quantitative estimate of drug-likeness (QED) is 0.730. The lowest BCUT2D eigenvalue weighted by Crippen LogP contribution is -2.53. The molecule has 1 aliphatic carbocycles. The molecular weight excluding hydrogens is 229 g/mol. The Bertz CT molecular complexity index is 289. The molecule has 0 heterocycles. The van der Waals surface area contributed by atoms with Gasteiger partial charge in [0.2, 0.25) is 0 Å². The molecule has 5 nitrogen and oxygen atoms in total. The Kier molecular flexibility index (Phi) is 4.86. The largest absolute Gasteiger partial charge is 0.480 e.